The van der Waals surface area contributed by atoms with Crippen molar-refractivity contribution in [3.63, 3.8) is 0 Å². The fourth-order valence-corrected chi connectivity index (χ4v) is 1.68. The highest BCUT2D eigenvalue weighted by molar-refractivity contribution is 5.80. The smallest absolute Gasteiger partial charge is 0.0641 e. The standard InChI is InChI=1S/C12H15NO/c1-10-3-4-11-5-6-13(7-8-14-2)12(11)9-10/h3-6,9H,7-8H2,1-2H3. The Morgan fingerprint density at radius 1 is 1.29 bits per heavy atom. The largest absolute Gasteiger partial charge is 0.383 e. The minimum Gasteiger partial charge on any atom is -0.383 e. The number of rotatable bonds is 3. The van der Waals surface area contributed by atoms with Gasteiger partial charge in [0, 0.05) is 25.4 Å². The molecular weight excluding hydrogens is 174 g/mol. The average molecular weight is 189 g/mol. The van der Waals surface area contributed by atoms with E-state index < -0.39 is 0 Å². The zero-order chi connectivity index (χ0) is 9.97. The lowest BCUT2D eigenvalue weighted by molar-refractivity contribution is 0.188. The van der Waals surface area contributed by atoms with Crippen LogP contribution in [-0.2, 0) is 11.3 Å². The van der Waals surface area contributed by atoms with E-state index in [1.54, 1.807) is 7.11 Å². The lowest BCUT2D eigenvalue weighted by atomic mass is 10.2. The molecule has 2 nitrogen and oxygen atoms in total. The van der Waals surface area contributed by atoms with Crippen molar-refractivity contribution in [1.29, 1.82) is 0 Å². The highest BCUT2D eigenvalue weighted by Crippen LogP contribution is 2.17. The van der Waals surface area contributed by atoms with Crippen molar-refractivity contribution < 1.29 is 4.74 Å². The molecular formula is C12H15NO. The van der Waals surface area contributed by atoms with Crippen LogP contribution in [0.3, 0.4) is 0 Å². The first-order valence-corrected chi connectivity index (χ1v) is 4.85. The molecule has 14 heavy (non-hydrogen) atoms. The minimum absolute atomic E-state index is 0.762. The van der Waals surface area contributed by atoms with Gasteiger partial charge in [-0.3, -0.25) is 0 Å². The second-order valence-corrected chi connectivity index (χ2v) is 3.56. The first-order valence-electron chi connectivity index (χ1n) is 4.85. The van der Waals surface area contributed by atoms with Crippen LogP contribution in [0.15, 0.2) is 30.5 Å². The summed E-state index contributed by atoms with van der Waals surface area (Å²) in [6.45, 7) is 3.80. The molecule has 0 bridgehead atoms. The van der Waals surface area contributed by atoms with E-state index in [2.05, 4.69) is 42.0 Å². The molecule has 2 heteroatoms. The number of ether oxygens (including phenoxy) is 1. The molecule has 2 aromatic rings. The van der Waals surface area contributed by atoms with Crippen LogP contribution in [0, 0.1) is 6.92 Å². The summed E-state index contributed by atoms with van der Waals surface area (Å²) in [7, 11) is 1.73. The highest BCUT2D eigenvalue weighted by Gasteiger charge is 1.99. The van der Waals surface area contributed by atoms with Gasteiger partial charge in [-0.1, -0.05) is 12.1 Å². The maximum Gasteiger partial charge on any atom is 0.0641 e. The van der Waals surface area contributed by atoms with Gasteiger partial charge in [-0.2, -0.15) is 0 Å². The third-order valence-corrected chi connectivity index (χ3v) is 2.47. The van der Waals surface area contributed by atoms with Gasteiger partial charge in [-0.25, -0.2) is 0 Å². The molecule has 2 rings (SSSR count). The van der Waals surface area contributed by atoms with E-state index in [1.807, 2.05) is 0 Å². The second kappa shape index (κ2) is 3.84. The fraction of sp³-hybridized carbons (Fsp3) is 0.333. The lowest BCUT2D eigenvalue weighted by Crippen LogP contribution is -2.02. The van der Waals surface area contributed by atoms with Crippen LogP contribution in [0.5, 0.6) is 0 Å². The van der Waals surface area contributed by atoms with Crippen molar-refractivity contribution in [2.75, 3.05) is 13.7 Å². The summed E-state index contributed by atoms with van der Waals surface area (Å²) in [4.78, 5) is 0. The summed E-state index contributed by atoms with van der Waals surface area (Å²) in [5.74, 6) is 0. The molecule has 0 fully saturated rings. The van der Waals surface area contributed by atoms with Gasteiger partial charge in [-0.05, 0) is 30.0 Å². The van der Waals surface area contributed by atoms with Crippen molar-refractivity contribution in [1.82, 2.24) is 4.57 Å². The van der Waals surface area contributed by atoms with Gasteiger partial charge in [0.2, 0.25) is 0 Å². The second-order valence-electron chi connectivity index (χ2n) is 3.56. The summed E-state index contributed by atoms with van der Waals surface area (Å²) in [5.41, 5.74) is 2.59. The SMILES string of the molecule is COCCn1ccc2ccc(C)cc21. The number of nitrogens with zero attached hydrogens (tertiary/aromatic N) is 1. The summed E-state index contributed by atoms with van der Waals surface area (Å²) in [5, 5.41) is 1.30. The number of fused-ring (bicyclic) bond motifs is 1. The molecule has 0 aliphatic rings. The van der Waals surface area contributed by atoms with Gasteiger partial charge in [-0.15, -0.1) is 0 Å². The molecule has 1 aromatic carbocycles. The molecule has 0 saturated heterocycles. The van der Waals surface area contributed by atoms with Crippen LogP contribution in [0.25, 0.3) is 10.9 Å². The highest BCUT2D eigenvalue weighted by atomic mass is 16.5. The number of hydrogen-bond acceptors (Lipinski definition) is 1. The molecule has 1 heterocycles. The fourth-order valence-electron chi connectivity index (χ4n) is 1.68. The third-order valence-electron chi connectivity index (χ3n) is 2.47. The number of benzene rings is 1. The van der Waals surface area contributed by atoms with E-state index in [0.29, 0.717) is 0 Å². The summed E-state index contributed by atoms with van der Waals surface area (Å²) in [6.07, 6.45) is 2.11. The molecule has 0 atom stereocenters. The number of methoxy groups -OCH3 is 1. The van der Waals surface area contributed by atoms with E-state index in [0.717, 1.165) is 13.2 Å². The van der Waals surface area contributed by atoms with Crippen molar-refractivity contribution in [3.05, 3.63) is 36.0 Å². The predicted octanol–water partition coefficient (Wildman–Crippen LogP) is 2.60. The predicted molar refractivity (Wildman–Crippen MR) is 58.6 cm³/mol. The van der Waals surface area contributed by atoms with Gasteiger partial charge >= 0.3 is 0 Å². The maximum absolute atomic E-state index is 5.07. The van der Waals surface area contributed by atoms with Gasteiger partial charge in [0.1, 0.15) is 0 Å². The first-order chi connectivity index (χ1) is 6.81. The van der Waals surface area contributed by atoms with Crippen LogP contribution in [-0.4, -0.2) is 18.3 Å². The van der Waals surface area contributed by atoms with Crippen molar-refractivity contribution in [2.45, 2.75) is 13.5 Å². The molecule has 0 aliphatic carbocycles. The van der Waals surface area contributed by atoms with Crippen LogP contribution in [0.2, 0.25) is 0 Å². The van der Waals surface area contributed by atoms with E-state index >= 15 is 0 Å². The Morgan fingerprint density at radius 2 is 2.14 bits per heavy atom. The van der Waals surface area contributed by atoms with Crippen molar-refractivity contribution >= 4 is 10.9 Å². The number of hydrogen-bond donors (Lipinski definition) is 0. The third kappa shape index (κ3) is 1.66. The molecule has 0 N–H and O–H groups in total. The van der Waals surface area contributed by atoms with E-state index in [4.69, 9.17) is 4.74 Å². The van der Waals surface area contributed by atoms with Crippen LogP contribution >= 0.6 is 0 Å². The topological polar surface area (TPSA) is 14.2 Å². The van der Waals surface area contributed by atoms with E-state index in [1.165, 1.54) is 16.5 Å². The Bertz CT molecular complexity index is 431. The lowest BCUT2D eigenvalue weighted by Gasteiger charge is -2.04. The Balaban J connectivity index is 2.40. The van der Waals surface area contributed by atoms with Gasteiger partial charge in [0.25, 0.3) is 0 Å². The Morgan fingerprint density at radius 3 is 2.93 bits per heavy atom. The van der Waals surface area contributed by atoms with Crippen LogP contribution < -0.4 is 0 Å². The number of aryl methyl sites for hydroxylation is 1. The minimum atomic E-state index is 0.762. The summed E-state index contributed by atoms with van der Waals surface area (Å²) < 4.78 is 7.30. The van der Waals surface area contributed by atoms with Crippen LogP contribution in [0.4, 0.5) is 0 Å². The summed E-state index contributed by atoms with van der Waals surface area (Å²) >= 11 is 0. The Labute approximate surface area is 84.1 Å². The Hall–Kier alpha value is -1.28. The molecule has 0 aliphatic heterocycles. The molecule has 0 radical (unpaired) electrons. The van der Waals surface area contributed by atoms with Crippen molar-refractivity contribution in [3.8, 4) is 0 Å². The first kappa shape index (κ1) is 9.28. The summed E-state index contributed by atoms with van der Waals surface area (Å²) in [6, 6.07) is 8.66. The molecule has 0 amide bonds. The monoisotopic (exact) mass is 189 g/mol. The zero-order valence-corrected chi connectivity index (χ0v) is 8.66. The average Bonchev–Trinajstić information content (AvgIpc) is 2.57. The van der Waals surface area contributed by atoms with Gasteiger partial charge in [0.05, 0.1) is 6.61 Å². The molecule has 1 aromatic heterocycles. The maximum atomic E-state index is 5.07. The van der Waals surface area contributed by atoms with Gasteiger partial charge in [0.15, 0.2) is 0 Å². The van der Waals surface area contributed by atoms with E-state index in [9.17, 15) is 0 Å². The van der Waals surface area contributed by atoms with Crippen LogP contribution in [0.1, 0.15) is 5.56 Å². The zero-order valence-electron chi connectivity index (χ0n) is 8.66. The quantitative estimate of drug-likeness (QED) is 0.724. The molecule has 0 saturated carbocycles. The molecule has 0 unspecified atom stereocenters. The molecule has 74 valence electrons. The normalized spacial score (nSPS) is 11.0. The van der Waals surface area contributed by atoms with E-state index in [-0.39, 0.29) is 0 Å². The number of aromatic nitrogens is 1. The van der Waals surface area contributed by atoms with Crippen molar-refractivity contribution in [2.24, 2.45) is 0 Å². The van der Waals surface area contributed by atoms with Gasteiger partial charge < -0.3 is 9.30 Å². The Kier molecular flexibility index (Phi) is 2.55. The molecule has 0 spiro atoms.